The molecule has 4 nitrogen and oxygen atoms in total. The van der Waals surface area contributed by atoms with Gasteiger partial charge in [0.05, 0.1) is 18.5 Å². The van der Waals surface area contributed by atoms with Crippen LogP contribution in [0.15, 0.2) is 22.7 Å². The Labute approximate surface area is 137 Å². The monoisotopic (exact) mass is 324 g/mol. The third kappa shape index (κ3) is 6.36. The molecule has 0 aliphatic heterocycles. The van der Waals surface area contributed by atoms with Crippen LogP contribution in [0.2, 0.25) is 0 Å². The van der Waals surface area contributed by atoms with E-state index in [1.54, 1.807) is 6.20 Å². The molecule has 0 aliphatic carbocycles. The summed E-state index contributed by atoms with van der Waals surface area (Å²) in [6, 6.07) is 3.75. The minimum absolute atomic E-state index is 0.361. The van der Waals surface area contributed by atoms with Crippen molar-refractivity contribution >= 4 is 17.1 Å². The van der Waals surface area contributed by atoms with Crippen molar-refractivity contribution in [3.8, 4) is 5.75 Å². The Hall–Kier alpha value is -1.07. The van der Waals surface area contributed by atoms with E-state index >= 15 is 0 Å². The summed E-state index contributed by atoms with van der Waals surface area (Å²) in [6.45, 7) is 12.6. The smallest absolute Gasteiger partial charge is 0.144 e. The predicted molar refractivity (Wildman–Crippen MR) is 93.9 cm³/mol. The van der Waals surface area contributed by atoms with Crippen LogP contribution in [0.3, 0.4) is 0 Å². The Bertz CT molecular complexity index is 480. The topological polar surface area (TPSA) is 57.5 Å². The van der Waals surface area contributed by atoms with E-state index in [1.807, 2.05) is 39.8 Å². The van der Waals surface area contributed by atoms with Gasteiger partial charge in [-0.05, 0) is 52.2 Å². The lowest BCUT2D eigenvalue weighted by Crippen LogP contribution is -2.26. The van der Waals surface area contributed by atoms with Gasteiger partial charge in [0.25, 0.3) is 0 Å². The zero-order valence-corrected chi connectivity index (χ0v) is 15.4. The number of hydrogen-bond donors (Lipinski definition) is 0. The maximum absolute atomic E-state index is 12.0. The second kappa shape index (κ2) is 8.53. The molecule has 124 valence electrons. The first-order valence-corrected chi connectivity index (χ1v) is 8.91. The molecule has 0 fully saturated rings. The SMILES string of the molecule is CCCC(C)COc1ccc(C(C)=N[S+]([O-])C(C)(C)C)nc1. The van der Waals surface area contributed by atoms with E-state index in [4.69, 9.17) is 4.74 Å². The highest BCUT2D eigenvalue weighted by Crippen LogP contribution is 2.19. The van der Waals surface area contributed by atoms with E-state index in [9.17, 15) is 4.55 Å². The third-order valence-electron chi connectivity index (χ3n) is 3.17. The first-order chi connectivity index (χ1) is 10.2. The van der Waals surface area contributed by atoms with Gasteiger partial charge in [0, 0.05) is 0 Å². The quantitative estimate of drug-likeness (QED) is 0.559. The molecular formula is C17H28N2O2S. The minimum atomic E-state index is -1.27. The van der Waals surface area contributed by atoms with Crippen LogP contribution < -0.4 is 4.74 Å². The maximum Gasteiger partial charge on any atom is 0.144 e. The Balaban J connectivity index is 2.66. The number of rotatable bonds is 7. The molecule has 1 aromatic heterocycles. The van der Waals surface area contributed by atoms with Crippen LogP contribution in [0, 0.1) is 5.92 Å². The van der Waals surface area contributed by atoms with Crippen molar-refractivity contribution in [2.24, 2.45) is 10.3 Å². The Kier molecular flexibility index (Phi) is 7.36. The molecule has 1 heterocycles. The zero-order chi connectivity index (χ0) is 16.8. The Morgan fingerprint density at radius 3 is 2.59 bits per heavy atom. The zero-order valence-electron chi connectivity index (χ0n) is 14.5. The Morgan fingerprint density at radius 1 is 1.41 bits per heavy atom. The van der Waals surface area contributed by atoms with Gasteiger partial charge in [0.2, 0.25) is 0 Å². The fraction of sp³-hybridized carbons (Fsp3) is 0.647. The van der Waals surface area contributed by atoms with Crippen molar-refractivity contribution in [1.29, 1.82) is 0 Å². The molecule has 0 aromatic carbocycles. The van der Waals surface area contributed by atoms with Crippen molar-refractivity contribution in [2.75, 3.05) is 6.61 Å². The lowest BCUT2D eigenvalue weighted by atomic mass is 10.1. The second-order valence-electron chi connectivity index (χ2n) is 6.62. The summed E-state index contributed by atoms with van der Waals surface area (Å²) in [7, 11) is 0. The van der Waals surface area contributed by atoms with Gasteiger partial charge in [-0.1, -0.05) is 24.7 Å². The van der Waals surface area contributed by atoms with E-state index < -0.39 is 11.4 Å². The number of aromatic nitrogens is 1. The molecule has 5 heteroatoms. The van der Waals surface area contributed by atoms with E-state index in [0.717, 1.165) is 17.9 Å². The van der Waals surface area contributed by atoms with E-state index in [0.29, 0.717) is 18.2 Å². The fourth-order valence-electron chi connectivity index (χ4n) is 1.80. The summed E-state index contributed by atoms with van der Waals surface area (Å²) >= 11 is -1.27. The summed E-state index contributed by atoms with van der Waals surface area (Å²) < 4.78 is 21.6. The molecule has 0 radical (unpaired) electrons. The van der Waals surface area contributed by atoms with Gasteiger partial charge in [-0.2, -0.15) is 0 Å². The summed E-state index contributed by atoms with van der Waals surface area (Å²) in [5.74, 6) is 1.30. The van der Waals surface area contributed by atoms with Crippen LogP contribution in [0.25, 0.3) is 0 Å². The van der Waals surface area contributed by atoms with Gasteiger partial charge in [-0.15, -0.1) is 0 Å². The number of pyridine rings is 1. The van der Waals surface area contributed by atoms with Gasteiger partial charge in [-0.3, -0.25) is 4.98 Å². The van der Waals surface area contributed by atoms with E-state index in [2.05, 4.69) is 23.2 Å². The number of ether oxygens (including phenoxy) is 1. The largest absolute Gasteiger partial charge is 0.591 e. The molecule has 0 amide bonds. The average molecular weight is 324 g/mol. The molecule has 0 bridgehead atoms. The molecule has 0 spiro atoms. The molecular weight excluding hydrogens is 296 g/mol. The summed E-state index contributed by atoms with van der Waals surface area (Å²) in [4.78, 5) is 4.35. The van der Waals surface area contributed by atoms with Gasteiger partial charge >= 0.3 is 0 Å². The molecule has 0 saturated carbocycles. The lowest BCUT2D eigenvalue weighted by Gasteiger charge is -2.18. The number of nitrogens with zero attached hydrogens (tertiary/aromatic N) is 2. The van der Waals surface area contributed by atoms with Crippen LogP contribution >= 0.6 is 0 Å². The van der Waals surface area contributed by atoms with Crippen molar-refractivity contribution in [1.82, 2.24) is 4.98 Å². The van der Waals surface area contributed by atoms with Crippen LogP contribution in [0.4, 0.5) is 0 Å². The first-order valence-electron chi connectivity index (χ1n) is 7.80. The molecule has 0 saturated heterocycles. The van der Waals surface area contributed by atoms with Crippen molar-refractivity contribution in [3.05, 3.63) is 24.0 Å². The first kappa shape index (κ1) is 19.0. The normalized spacial score (nSPS) is 15.5. The molecule has 2 unspecified atom stereocenters. The van der Waals surface area contributed by atoms with Gasteiger partial charge in [0.1, 0.15) is 27.6 Å². The standard InChI is InChI=1S/C17H28N2O2S/c1-7-8-13(2)12-21-15-9-10-16(18-11-15)14(3)19-22(20)17(4,5)6/h9-11,13H,7-8,12H2,1-6H3. The van der Waals surface area contributed by atoms with Gasteiger partial charge in [-0.25, -0.2) is 0 Å². The molecule has 1 aromatic rings. The van der Waals surface area contributed by atoms with E-state index in [1.165, 1.54) is 6.42 Å². The maximum atomic E-state index is 12.0. The second-order valence-corrected chi connectivity index (χ2v) is 8.53. The van der Waals surface area contributed by atoms with Gasteiger partial charge in [0.15, 0.2) is 0 Å². The van der Waals surface area contributed by atoms with Crippen LogP contribution in [-0.4, -0.2) is 26.6 Å². The Morgan fingerprint density at radius 2 is 2.09 bits per heavy atom. The highest BCUT2D eigenvalue weighted by atomic mass is 32.2. The van der Waals surface area contributed by atoms with Crippen LogP contribution in [0.1, 0.15) is 60.1 Å². The van der Waals surface area contributed by atoms with Crippen molar-refractivity contribution < 1.29 is 9.29 Å². The van der Waals surface area contributed by atoms with Crippen LogP contribution in [-0.2, 0) is 11.4 Å². The summed E-state index contributed by atoms with van der Waals surface area (Å²) in [5, 5.41) is 0. The number of hydrogen-bond acceptors (Lipinski definition) is 4. The molecule has 0 N–H and O–H groups in total. The minimum Gasteiger partial charge on any atom is -0.591 e. The van der Waals surface area contributed by atoms with E-state index in [-0.39, 0.29) is 4.75 Å². The lowest BCUT2D eigenvalue weighted by molar-refractivity contribution is 0.250. The third-order valence-corrected chi connectivity index (χ3v) is 4.65. The molecule has 1 rings (SSSR count). The molecule has 0 aliphatic rings. The highest BCUT2D eigenvalue weighted by Gasteiger charge is 2.26. The van der Waals surface area contributed by atoms with Gasteiger partial charge < -0.3 is 9.29 Å². The highest BCUT2D eigenvalue weighted by molar-refractivity contribution is 7.91. The van der Waals surface area contributed by atoms with Crippen molar-refractivity contribution in [3.63, 3.8) is 0 Å². The van der Waals surface area contributed by atoms with Crippen molar-refractivity contribution in [2.45, 2.75) is 59.1 Å². The summed E-state index contributed by atoms with van der Waals surface area (Å²) in [5.41, 5.74) is 1.41. The van der Waals surface area contributed by atoms with Crippen LogP contribution in [0.5, 0.6) is 5.75 Å². The average Bonchev–Trinajstić information content (AvgIpc) is 2.45. The predicted octanol–water partition coefficient (Wildman–Crippen LogP) is 4.17. The summed E-state index contributed by atoms with van der Waals surface area (Å²) in [6.07, 6.45) is 4.03. The molecule has 22 heavy (non-hydrogen) atoms. The fourth-order valence-corrected chi connectivity index (χ4v) is 2.42. The molecule has 2 atom stereocenters.